The summed E-state index contributed by atoms with van der Waals surface area (Å²) in [5, 5.41) is 7.82. The summed E-state index contributed by atoms with van der Waals surface area (Å²) in [6.45, 7) is 8.54. The number of methoxy groups -OCH3 is 1. The molecule has 134 valence electrons. The molecule has 2 rings (SSSR count). The van der Waals surface area contributed by atoms with Gasteiger partial charge < -0.3 is 15.4 Å². The maximum absolute atomic E-state index is 5.91. The summed E-state index contributed by atoms with van der Waals surface area (Å²) < 4.78 is 5.52. The molecule has 0 bridgehead atoms. The molecule has 0 unspecified atom stereocenters. The number of benzene rings is 2. The van der Waals surface area contributed by atoms with Crippen LogP contribution in [0.2, 0.25) is 5.02 Å². The molecule has 0 radical (unpaired) electrons. The van der Waals surface area contributed by atoms with E-state index in [1.54, 1.807) is 7.11 Å². The third kappa shape index (κ3) is 5.10. The Morgan fingerprint density at radius 2 is 1.72 bits per heavy atom. The highest BCUT2D eigenvalue weighted by molar-refractivity contribution is 7.80. The second kappa shape index (κ2) is 8.54. The fraction of sp³-hybridized carbons (Fsp3) is 0.350. The van der Waals surface area contributed by atoms with Gasteiger partial charge in [-0.1, -0.05) is 25.4 Å². The van der Waals surface area contributed by atoms with Gasteiger partial charge >= 0.3 is 0 Å². The van der Waals surface area contributed by atoms with E-state index in [9.17, 15) is 0 Å². The number of hydrogen-bond acceptors (Lipinski definition) is 2. The van der Waals surface area contributed by atoms with E-state index < -0.39 is 0 Å². The Hall–Kier alpha value is -1.78. The molecule has 0 saturated heterocycles. The number of nitrogens with one attached hydrogen (secondary N) is 2. The highest BCUT2D eigenvalue weighted by Crippen LogP contribution is 2.32. The summed E-state index contributed by atoms with van der Waals surface area (Å²) in [5.41, 5.74) is 4.50. The van der Waals surface area contributed by atoms with Crippen molar-refractivity contribution < 1.29 is 4.74 Å². The largest absolute Gasteiger partial charge is 0.496 e. The summed E-state index contributed by atoms with van der Waals surface area (Å²) >= 11 is 11.4. The van der Waals surface area contributed by atoms with Crippen molar-refractivity contribution in [2.75, 3.05) is 12.4 Å². The predicted octanol–water partition coefficient (Wildman–Crippen LogP) is 5.83. The van der Waals surface area contributed by atoms with Crippen molar-refractivity contribution in [1.29, 1.82) is 0 Å². The molecular weight excluding hydrogens is 352 g/mol. The highest BCUT2D eigenvalue weighted by atomic mass is 35.5. The Morgan fingerprint density at radius 1 is 1.08 bits per heavy atom. The molecule has 2 N–H and O–H groups in total. The van der Waals surface area contributed by atoms with Gasteiger partial charge in [0.15, 0.2) is 5.11 Å². The van der Waals surface area contributed by atoms with Gasteiger partial charge in [0.05, 0.1) is 13.2 Å². The van der Waals surface area contributed by atoms with Gasteiger partial charge in [-0.05, 0) is 85.1 Å². The van der Waals surface area contributed by atoms with Crippen LogP contribution in [0.25, 0.3) is 0 Å². The van der Waals surface area contributed by atoms with Crippen molar-refractivity contribution in [1.82, 2.24) is 5.32 Å². The van der Waals surface area contributed by atoms with Crippen LogP contribution in [-0.2, 0) is 0 Å². The van der Waals surface area contributed by atoms with E-state index in [1.165, 1.54) is 16.7 Å². The number of thiocarbonyl (C=S) groups is 1. The van der Waals surface area contributed by atoms with Crippen molar-refractivity contribution in [3.05, 3.63) is 58.1 Å². The summed E-state index contributed by atoms with van der Waals surface area (Å²) in [6, 6.07) is 11.8. The smallest absolute Gasteiger partial charge is 0.171 e. The predicted molar refractivity (Wildman–Crippen MR) is 111 cm³/mol. The zero-order valence-electron chi connectivity index (χ0n) is 15.3. The fourth-order valence-electron chi connectivity index (χ4n) is 2.79. The number of halogens is 1. The molecule has 1 atom stereocenters. The van der Waals surface area contributed by atoms with Gasteiger partial charge in [0.1, 0.15) is 5.75 Å². The lowest BCUT2D eigenvalue weighted by molar-refractivity contribution is 0.406. The van der Waals surface area contributed by atoms with Gasteiger partial charge in [-0.2, -0.15) is 0 Å². The normalized spacial score (nSPS) is 12.0. The van der Waals surface area contributed by atoms with Crippen molar-refractivity contribution in [3.63, 3.8) is 0 Å². The first-order valence-corrected chi connectivity index (χ1v) is 9.12. The van der Waals surface area contributed by atoms with Gasteiger partial charge in [-0.15, -0.1) is 0 Å². The Kier molecular flexibility index (Phi) is 6.68. The lowest BCUT2D eigenvalue weighted by atomic mass is 9.93. The highest BCUT2D eigenvalue weighted by Gasteiger charge is 2.16. The van der Waals surface area contributed by atoms with Gasteiger partial charge in [-0.3, -0.25) is 0 Å². The molecule has 2 aromatic rings. The van der Waals surface area contributed by atoms with Gasteiger partial charge in [-0.25, -0.2) is 0 Å². The van der Waals surface area contributed by atoms with E-state index in [2.05, 4.69) is 50.5 Å². The molecule has 0 fully saturated rings. The minimum Gasteiger partial charge on any atom is -0.496 e. The number of ether oxygens (including phenoxy) is 1. The van der Waals surface area contributed by atoms with Crippen LogP contribution in [0, 0.1) is 6.92 Å². The second-order valence-corrected chi connectivity index (χ2v) is 7.28. The van der Waals surface area contributed by atoms with Gasteiger partial charge in [0.25, 0.3) is 0 Å². The summed E-state index contributed by atoms with van der Waals surface area (Å²) in [4.78, 5) is 0. The van der Waals surface area contributed by atoms with Crippen LogP contribution in [0.1, 0.15) is 49.4 Å². The molecule has 25 heavy (non-hydrogen) atoms. The molecule has 3 nitrogen and oxygen atoms in total. The van der Waals surface area contributed by atoms with E-state index >= 15 is 0 Å². The summed E-state index contributed by atoms with van der Waals surface area (Å²) in [7, 11) is 1.72. The van der Waals surface area contributed by atoms with Crippen molar-refractivity contribution in [2.45, 2.75) is 39.7 Å². The zero-order valence-corrected chi connectivity index (χ0v) is 16.9. The zero-order chi connectivity index (χ0) is 18.6. The van der Waals surface area contributed by atoms with Gasteiger partial charge in [0, 0.05) is 10.7 Å². The molecule has 0 aromatic heterocycles. The minimum atomic E-state index is 0.0794. The maximum atomic E-state index is 5.91. The van der Waals surface area contributed by atoms with E-state index in [4.69, 9.17) is 28.6 Å². The Bertz CT molecular complexity index is 744. The first kappa shape index (κ1) is 19.5. The van der Waals surface area contributed by atoms with Crippen LogP contribution in [0.4, 0.5) is 5.69 Å². The topological polar surface area (TPSA) is 33.3 Å². The van der Waals surface area contributed by atoms with Crippen LogP contribution in [-0.4, -0.2) is 12.2 Å². The molecule has 0 aliphatic heterocycles. The Labute approximate surface area is 160 Å². The Morgan fingerprint density at radius 3 is 2.28 bits per heavy atom. The molecule has 0 saturated carbocycles. The van der Waals surface area contributed by atoms with E-state index in [-0.39, 0.29) is 6.04 Å². The Balaban J connectivity index is 2.14. The third-order valence-corrected chi connectivity index (χ3v) is 4.63. The number of aryl methyl sites for hydroxylation is 1. The SMILES string of the molecule is COc1cc(C)c([C@@H](C)NC(=S)Nc2ccc(Cl)cc2)cc1C(C)C. The molecule has 0 spiro atoms. The molecule has 0 aliphatic rings. The van der Waals surface area contributed by atoms with E-state index in [0.717, 1.165) is 11.4 Å². The first-order chi connectivity index (χ1) is 11.8. The van der Waals surface area contributed by atoms with Crippen LogP contribution < -0.4 is 15.4 Å². The standard InChI is InChI=1S/C20H25ClN2OS/c1-12(2)17-11-18(13(3)10-19(17)24-5)14(4)22-20(25)23-16-8-6-15(21)7-9-16/h6-12,14H,1-5H3,(H2,22,23,25)/t14-/m1/s1. The van der Waals surface area contributed by atoms with Crippen molar-refractivity contribution in [2.24, 2.45) is 0 Å². The van der Waals surface area contributed by atoms with Crippen molar-refractivity contribution >= 4 is 34.6 Å². The lowest BCUT2D eigenvalue weighted by Crippen LogP contribution is -2.31. The summed E-state index contributed by atoms with van der Waals surface area (Å²) in [5.74, 6) is 1.32. The monoisotopic (exact) mass is 376 g/mol. The number of hydrogen-bond donors (Lipinski definition) is 2. The van der Waals surface area contributed by atoms with Crippen LogP contribution in [0.15, 0.2) is 36.4 Å². The van der Waals surface area contributed by atoms with Gasteiger partial charge in [0.2, 0.25) is 0 Å². The average Bonchev–Trinajstić information content (AvgIpc) is 2.56. The molecule has 0 heterocycles. The van der Waals surface area contributed by atoms with Crippen LogP contribution >= 0.6 is 23.8 Å². The van der Waals surface area contributed by atoms with E-state index in [0.29, 0.717) is 16.1 Å². The molecule has 0 amide bonds. The molecule has 5 heteroatoms. The quantitative estimate of drug-likeness (QED) is 0.643. The minimum absolute atomic E-state index is 0.0794. The average molecular weight is 377 g/mol. The number of rotatable bonds is 5. The molecular formula is C20H25ClN2OS. The molecule has 0 aliphatic carbocycles. The maximum Gasteiger partial charge on any atom is 0.171 e. The first-order valence-electron chi connectivity index (χ1n) is 8.33. The summed E-state index contributed by atoms with van der Waals surface area (Å²) in [6.07, 6.45) is 0. The van der Waals surface area contributed by atoms with Crippen LogP contribution in [0.3, 0.4) is 0 Å². The van der Waals surface area contributed by atoms with E-state index in [1.807, 2.05) is 24.3 Å². The lowest BCUT2D eigenvalue weighted by Gasteiger charge is -2.22. The van der Waals surface area contributed by atoms with Crippen molar-refractivity contribution in [3.8, 4) is 5.75 Å². The third-order valence-electron chi connectivity index (χ3n) is 4.16. The number of anilines is 1. The van der Waals surface area contributed by atoms with Crippen LogP contribution in [0.5, 0.6) is 5.75 Å². The second-order valence-electron chi connectivity index (χ2n) is 6.43. The molecule has 2 aromatic carbocycles. The fourth-order valence-corrected chi connectivity index (χ4v) is 3.21.